The lowest BCUT2D eigenvalue weighted by atomic mass is 10.2. The van der Waals surface area contributed by atoms with Gasteiger partial charge in [0.15, 0.2) is 0 Å². The third-order valence-electron chi connectivity index (χ3n) is 1.85. The predicted octanol–water partition coefficient (Wildman–Crippen LogP) is 3.94. The molecule has 1 heterocycles. The fourth-order valence-corrected chi connectivity index (χ4v) is 1.61. The molecule has 1 aromatic heterocycles. The van der Waals surface area contributed by atoms with Crippen molar-refractivity contribution in [3.63, 3.8) is 0 Å². The number of aromatic nitrogens is 1. The average Bonchev–Trinajstić information content (AvgIpc) is 2.19. The summed E-state index contributed by atoms with van der Waals surface area (Å²) in [6.45, 7) is 0. The number of benzene rings is 1. The molecule has 0 amide bonds. The Hall–Kier alpha value is -1.58. The number of hydrogen-bond donors (Lipinski definition) is 0. The van der Waals surface area contributed by atoms with Gasteiger partial charge in [0.25, 0.3) is 0 Å². The van der Waals surface area contributed by atoms with E-state index in [-0.39, 0.29) is 0 Å². The highest BCUT2D eigenvalue weighted by molar-refractivity contribution is 9.10. The van der Waals surface area contributed by atoms with Crippen LogP contribution in [-0.2, 0) is 0 Å². The van der Waals surface area contributed by atoms with E-state index >= 15 is 0 Å². The average molecular weight is 249 g/mol. The second-order valence-corrected chi connectivity index (χ2v) is 3.61. The van der Waals surface area contributed by atoms with Crippen LogP contribution in [0.1, 0.15) is 0 Å². The highest BCUT2D eigenvalue weighted by atomic mass is 79.9. The molecule has 0 radical (unpaired) electrons. The molecule has 4 nitrogen and oxygen atoms in total. The van der Waals surface area contributed by atoms with Crippen molar-refractivity contribution >= 4 is 32.5 Å². The van der Waals surface area contributed by atoms with E-state index in [1.165, 1.54) is 0 Å². The first kappa shape index (κ1) is 8.99. The van der Waals surface area contributed by atoms with E-state index in [1.807, 2.05) is 24.3 Å². The maximum Gasteiger partial charge on any atom is 0.134 e. The summed E-state index contributed by atoms with van der Waals surface area (Å²) in [6, 6.07) is 7.63. The van der Waals surface area contributed by atoms with Crippen molar-refractivity contribution in [3.05, 3.63) is 45.4 Å². The van der Waals surface area contributed by atoms with Crippen molar-refractivity contribution in [2.24, 2.45) is 5.11 Å². The lowest BCUT2D eigenvalue weighted by Gasteiger charge is -2.00. The molecule has 2 rings (SSSR count). The van der Waals surface area contributed by atoms with Crippen LogP contribution in [0.4, 0.5) is 5.82 Å². The molecule has 0 atom stereocenters. The first-order valence-corrected chi connectivity index (χ1v) is 4.70. The van der Waals surface area contributed by atoms with E-state index in [0.717, 1.165) is 15.2 Å². The molecule has 68 valence electrons. The molecule has 0 aliphatic carbocycles. The standard InChI is InChI=1S/C9H5BrN4/c10-7-2-1-6-3-4-12-9(13-14-11)8(6)5-7/h1-5H. The Kier molecular flexibility index (Phi) is 2.35. The Morgan fingerprint density at radius 1 is 1.36 bits per heavy atom. The van der Waals surface area contributed by atoms with Gasteiger partial charge in [-0.2, -0.15) is 0 Å². The Morgan fingerprint density at radius 2 is 2.21 bits per heavy atom. The van der Waals surface area contributed by atoms with Crippen molar-refractivity contribution in [1.29, 1.82) is 0 Å². The number of azide groups is 1. The zero-order chi connectivity index (χ0) is 9.97. The summed E-state index contributed by atoms with van der Waals surface area (Å²) < 4.78 is 0.937. The monoisotopic (exact) mass is 248 g/mol. The zero-order valence-electron chi connectivity index (χ0n) is 7.05. The molecule has 14 heavy (non-hydrogen) atoms. The fourth-order valence-electron chi connectivity index (χ4n) is 1.25. The quantitative estimate of drug-likeness (QED) is 0.429. The SMILES string of the molecule is [N-]=[N+]=Nc1nccc2ccc(Br)cc12. The molecule has 0 saturated carbocycles. The topological polar surface area (TPSA) is 61.7 Å². The fraction of sp³-hybridized carbons (Fsp3) is 0. The van der Waals surface area contributed by atoms with Gasteiger partial charge >= 0.3 is 0 Å². The largest absolute Gasteiger partial charge is 0.254 e. The lowest BCUT2D eigenvalue weighted by molar-refractivity contribution is 1.29. The Balaban J connectivity index is 2.83. The van der Waals surface area contributed by atoms with Crippen molar-refractivity contribution in [3.8, 4) is 0 Å². The minimum absolute atomic E-state index is 0.409. The van der Waals surface area contributed by atoms with Crippen LogP contribution in [0, 0.1) is 0 Å². The molecule has 5 heteroatoms. The zero-order valence-corrected chi connectivity index (χ0v) is 8.64. The summed E-state index contributed by atoms with van der Waals surface area (Å²) in [5, 5.41) is 5.38. The van der Waals surface area contributed by atoms with Gasteiger partial charge in [0.1, 0.15) is 5.82 Å². The minimum Gasteiger partial charge on any atom is -0.254 e. The van der Waals surface area contributed by atoms with Gasteiger partial charge in [-0.3, -0.25) is 4.98 Å². The molecule has 0 spiro atoms. The van der Waals surface area contributed by atoms with Gasteiger partial charge in [-0.15, -0.1) is 0 Å². The van der Waals surface area contributed by atoms with Crippen molar-refractivity contribution in [2.45, 2.75) is 0 Å². The number of hydrogen-bond acceptors (Lipinski definition) is 2. The van der Waals surface area contributed by atoms with Gasteiger partial charge in [0.2, 0.25) is 0 Å². The molecule has 0 bridgehead atoms. The van der Waals surface area contributed by atoms with Crippen LogP contribution in [0.2, 0.25) is 0 Å². The molecule has 0 fully saturated rings. The second kappa shape index (κ2) is 3.65. The smallest absolute Gasteiger partial charge is 0.134 e. The van der Waals surface area contributed by atoms with Gasteiger partial charge in [0.05, 0.1) is 0 Å². The molecule has 0 aliphatic rings. The molecule has 2 aromatic rings. The number of fused-ring (bicyclic) bond motifs is 1. The molecule has 0 aliphatic heterocycles. The summed E-state index contributed by atoms with van der Waals surface area (Å²) in [6.07, 6.45) is 1.63. The summed E-state index contributed by atoms with van der Waals surface area (Å²) in [5.41, 5.74) is 8.36. The van der Waals surface area contributed by atoms with E-state index in [9.17, 15) is 0 Å². The van der Waals surface area contributed by atoms with Crippen LogP contribution in [0.15, 0.2) is 40.0 Å². The van der Waals surface area contributed by atoms with Crippen LogP contribution in [-0.4, -0.2) is 4.98 Å². The Bertz CT molecular complexity index is 531. The van der Waals surface area contributed by atoms with E-state index in [2.05, 4.69) is 30.9 Å². The summed E-state index contributed by atoms with van der Waals surface area (Å²) in [7, 11) is 0. The van der Waals surface area contributed by atoms with E-state index in [1.54, 1.807) is 6.20 Å². The summed E-state index contributed by atoms with van der Waals surface area (Å²) >= 11 is 3.36. The van der Waals surface area contributed by atoms with Crippen LogP contribution >= 0.6 is 15.9 Å². The maximum atomic E-state index is 8.36. The number of nitrogens with zero attached hydrogens (tertiary/aromatic N) is 4. The highest BCUT2D eigenvalue weighted by Gasteiger charge is 2.00. The lowest BCUT2D eigenvalue weighted by Crippen LogP contribution is -1.77. The summed E-state index contributed by atoms with van der Waals surface area (Å²) in [4.78, 5) is 6.73. The normalized spacial score (nSPS) is 9.79. The van der Waals surface area contributed by atoms with E-state index in [4.69, 9.17) is 5.53 Å². The molecule has 0 N–H and O–H groups in total. The van der Waals surface area contributed by atoms with Crippen LogP contribution in [0.5, 0.6) is 0 Å². The Labute approximate surface area is 88.3 Å². The van der Waals surface area contributed by atoms with Gasteiger partial charge in [-0.1, -0.05) is 22.0 Å². The first-order chi connectivity index (χ1) is 6.81. The second-order valence-electron chi connectivity index (χ2n) is 2.69. The molecular formula is C9H5BrN4. The molecule has 0 unspecified atom stereocenters. The molecule has 1 aromatic carbocycles. The van der Waals surface area contributed by atoms with Crippen LogP contribution < -0.4 is 0 Å². The minimum atomic E-state index is 0.409. The van der Waals surface area contributed by atoms with Crippen LogP contribution in [0.25, 0.3) is 21.2 Å². The van der Waals surface area contributed by atoms with Gasteiger partial charge in [0, 0.05) is 21.0 Å². The van der Waals surface area contributed by atoms with E-state index in [0.29, 0.717) is 5.82 Å². The number of halogens is 1. The van der Waals surface area contributed by atoms with Crippen molar-refractivity contribution in [1.82, 2.24) is 4.98 Å². The van der Waals surface area contributed by atoms with E-state index < -0.39 is 0 Å². The molecule has 0 saturated heterocycles. The van der Waals surface area contributed by atoms with Gasteiger partial charge in [-0.25, -0.2) is 0 Å². The predicted molar refractivity (Wildman–Crippen MR) is 58.2 cm³/mol. The highest BCUT2D eigenvalue weighted by Crippen LogP contribution is 2.26. The van der Waals surface area contributed by atoms with Crippen molar-refractivity contribution < 1.29 is 0 Å². The van der Waals surface area contributed by atoms with Crippen molar-refractivity contribution in [2.75, 3.05) is 0 Å². The van der Waals surface area contributed by atoms with Gasteiger partial charge < -0.3 is 0 Å². The number of rotatable bonds is 1. The van der Waals surface area contributed by atoms with Crippen LogP contribution in [0.3, 0.4) is 0 Å². The number of pyridine rings is 1. The third-order valence-corrected chi connectivity index (χ3v) is 2.34. The third kappa shape index (κ3) is 1.55. The maximum absolute atomic E-state index is 8.36. The first-order valence-electron chi connectivity index (χ1n) is 3.90. The Morgan fingerprint density at radius 3 is 3.00 bits per heavy atom. The van der Waals surface area contributed by atoms with Gasteiger partial charge in [-0.05, 0) is 34.2 Å². The summed E-state index contributed by atoms with van der Waals surface area (Å²) in [5.74, 6) is 0.409. The molecular weight excluding hydrogens is 244 g/mol.